The van der Waals surface area contributed by atoms with Crippen LogP contribution in [-0.4, -0.2) is 21.8 Å². The van der Waals surface area contributed by atoms with Crippen molar-refractivity contribution < 1.29 is 13.2 Å². The zero-order chi connectivity index (χ0) is 17.0. The summed E-state index contributed by atoms with van der Waals surface area (Å²) in [6, 6.07) is 15.1. The van der Waals surface area contributed by atoms with Crippen molar-refractivity contribution in [2.75, 3.05) is 18.7 Å². The second-order valence-corrected chi connectivity index (χ2v) is 7.73. The lowest BCUT2D eigenvalue weighted by atomic mass is 10.1. The fourth-order valence-corrected chi connectivity index (χ4v) is 2.98. The number of benzene rings is 2. The number of anilines is 1. The fourth-order valence-electron chi connectivity index (χ4n) is 2.35. The summed E-state index contributed by atoms with van der Waals surface area (Å²) in [4.78, 5) is 0.337. The summed E-state index contributed by atoms with van der Waals surface area (Å²) in [7, 11) is -1.47. The van der Waals surface area contributed by atoms with E-state index < -0.39 is 9.84 Å². The predicted molar refractivity (Wildman–Crippen MR) is 93.5 cm³/mol. The monoisotopic (exact) mass is 333 g/mol. The summed E-state index contributed by atoms with van der Waals surface area (Å²) in [5.74, 6) is 0. The van der Waals surface area contributed by atoms with Crippen LogP contribution >= 0.6 is 0 Å². The van der Waals surface area contributed by atoms with Crippen molar-refractivity contribution in [1.82, 2.24) is 0 Å². The molecule has 0 bridgehead atoms. The third kappa shape index (κ3) is 4.56. The van der Waals surface area contributed by atoms with Gasteiger partial charge in [-0.3, -0.25) is 0 Å². The molecular weight excluding hydrogens is 310 g/mol. The maximum atomic E-state index is 11.5. The molecule has 5 heteroatoms. The molecule has 0 aliphatic rings. The highest BCUT2D eigenvalue weighted by Gasteiger charge is 2.10. The standard InChI is InChI=1S/C18H23NO3S/c1-13(15-8-10-18(11-9-15)23(4,20)21)19-17-7-5-6-16(12-17)14(2)22-3/h5-14,19H,1-4H3/t13-,14+/m0/s1. The molecule has 0 amide bonds. The second-order valence-electron chi connectivity index (χ2n) is 5.71. The molecule has 0 radical (unpaired) electrons. The Kier molecular flexibility index (Phi) is 5.44. The van der Waals surface area contributed by atoms with Crippen molar-refractivity contribution in [3.05, 3.63) is 59.7 Å². The van der Waals surface area contributed by atoms with Gasteiger partial charge in [0.1, 0.15) is 0 Å². The molecule has 0 saturated carbocycles. The minimum atomic E-state index is -3.16. The van der Waals surface area contributed by atoms with E-state index >= 15 is 0 Å². The average Bonchev–Trinajstić information content (AvgIpc) is 2.53. The van der Waals surface area contributed by atoms with Crippen LogP contribution in [0.25, 0.3) is 0 Å². The summed E-state index contributed by atoms with van der Waals surface area (Å²) < 4.78 is 28.4. The van der Waals surface area contributed by atoms with E-state index in [4.69, 9.17) is 4.74 Å². The molecular formula is C18H23NO3S. The van der Waals surface area contributed by atoms with Gasteiger partial charge >= 0.3 is 0 Å². The number of hydrogen-bond acceptors (Lipinski definition) is 4. The van der Waals surface area contributed by atoms with Crippen molar-refractivity contribution in [3.8, 4) is 0 Å². The van der Waals surface area contributed by atoms with E-state index in [0.717, 1.165) is 16.8 Å². The van der Waals surface area contributed by atoms with Gasteiger partial charge in [-0.1, -0.05) is 24.3 Å². The van der Waals surface area contributed by atoms with Gasteiger partial charge in [0.2, 0.25) is 0 Å². The molecule has 4 nitrogen and oxygen atoms in total. The summed E-state index contributed by atoms with van der Waals surface area (Å²) in [6.45, 7) is 4.05. The topological polar surface area (TPSA) is 55.4 Å². The van der Waals surface area contributed by atoms with Crippen LogP contribution in [-0.2, 0) is 14.6 Å². The summed E-state index contributed by atoms with van der Waals surface area (Å²) in [6.07, 6.45) is 1.26. The van der Waals surface area contributed by atoms with E-state index in [9.17, 15) is 8.42 Å². The fraction of sp³-hybridized carbons (Fsp3) is 0.333. The first kappa shape index (κ1) is 17.5. The highest BCUT2D eigenvalue weighted by molar-refractivity contribution is 7.90. The lowest BCUT2D eigenvalue weighted by molar-refractivity contribution is 0.119. The van der Waals surface area contributed by atoms with E-state index in [1.54, 1.807) is 19.2 Å². The Morgan fingerprint density at radius 2 is 1.65 bits per heavy atom. The zero-order valence-electron chi connectivity index (χ0n) is 13.9. The number of rotatable bonds is 6. The van der Waals surface area contributed by atoms with Gasteiger partial charge in [0.05, 0.1) is 11.0 Å². The SMILES string of the molecule is CO[C@H](C)c1cccc(N[C@@H](C)c2ccc(S(C)(=O)=O)cc2)c1. The van der Waals surface area contributed by atoms with Crippen LogP contribution in [0.15, 0.2) is 53.4 Å². The number of methoxy groups -OCH3 is 1. The van der Waals surface area contributed by atoms with Crippen molar-refractivity contribution in [2.45, 2.75) is 30.9 Å². The molecule has 0 heterocycles. The first-order valence-electron chi connectivity index (χ1n) is 7.50. The van der Waals surface area contributed by atoms with Gasteiger partial charge in [-0.15, -0.1) is 0 Å². The highest BCUT2D eigenvalue weighted by atomic mass is 32.2. The average molecular weight is 333 g/mol. The number of nitrogens with one attached hydrogen (secondary N) is 1. The largest absolute Gasteiger partial charge is 0.379 e. The third-order valence-corrected chi connectivity index (χ3v) is 5.03. The molecule has 0 spiro atoms. The Balaban J connectivity index is 2.14. The Morgan fingerprint density at radius 3 is 2.22 bits per heavy atom. The summed E-state index contributed by atoms with van der Waals surface area (Å²) >= 11 is 0. The maximum absolute atomic E-state index is 11.5. The smallest absolute Gasteiger partial charge is 0.175 e. The lowest BCUT2D eigenvalue weighted by Gasteiger charge is -2.18. The van der Waals surface area contributed by atoms with Crippen LogP contribution in [0.1, 0.15) is 37.1 Å². The quantitative estimate of drug-likeness (QED) is 0.869. The second kappa shape index (κ2) is 7.15. The molecule has 1 N–H and O–H groups in total. The van der Waals surface area contributed by atoms with E-state index in [1.165, 1.54) is 6.26 Å². The molecule has 0 aliphatic heterocycles. The van der Waals surface area contributed by atoms with E-state index in [2.05, 4.69) is 11.4 Å². The highest BCUT2D eigenvalue weighted by Crippen LogP contribution is 2.24. The first-order chi connectivity index (χ1) is 10.8. The van der Waals surface area contributed by atoms with Gasteiger partial charge in [0.15, 0.2) is 9.84 Å². The Labute approximate surface area is 138 Å². The van der Waals surface area contributed by atoms with E-state index in [-0.39, 0.29) is 12.1 Å². The van der Waals surface area contributed by atoms with Crippen LogP contribution in [0.3, 0.4) is 0 Å². The molecule has 2 aromatic rings. The summed E-state index contributed by atoms with van der Waals surface area (Å²) in [5.41, 5.74) is 3.14. The van der Waals surface area contributed by atoms with Gasteiger partial charge in [-0.25, -0.2) is 8.42 Å². The van der Waals surface area contributed by atoms with Gasteiger partial charge in [0.25, 0.3) is 0 Å². The van der Waals surface area contributed by atoms with Crippen LogP contribution in [0.2, 0.25) is 0 Å². The Morgan fingerprint density at radius 1 is 1.00 bits per heavy atom. The van der Waals surface area contributed by atoms with Crippen LogP contribution in [0.5, 0.6) is 0 Å². The molecule has 23 heavy (non-hydrogen) atoms. The molecule has 2 aromatic carbocycles. The predicted octanol–water partition coefficient (Wildman–Crippen LogP) is 3.97. The van der Waals surface area contributed by atoms with Gasteiger partial charge < -0.3 is 10.1 Å². The number of sulfone groups is 1. The van der Waals surface area contributed by atoms with Crippen molar-refractivity contribution in [2.24, 2.45) is 0 Å². The van der Waals surface area contributed by atoms with Crippen LogP contribution in [0.4, 0.5) is 5.69 Å². The first-order valence-corrected chi connectivity index (χ1v) is 9.39. The van der Waals surface area contributed by atoms with Crippen molar-refractivity contribution in [3.63, 3.8) is 0 Å². The third-order valence-electron chi connectivity index (χ3n) is 3.90. The van der Waals surface area contributed by atoms with Crippen LogP contribution in [0, 0.1) is 0 Å². The Hall–Kier alpha value is -1.85. The molecule has 0 aliphatic carbocycles. The molecule has 0 unspecified atom stereocenters. The molecule has 2 rings (SSSR count). The van der Waals surface area contributed by atoms with E-state index in [1.807, 2.05) is 44.2 Å². The number of ether oxygens (including phenoxy) is 1. The maximum Gasteiger partial charge on any atom is 0.175 e. The normalized spacial score (nSPS) is 14.3. The lowest BCUT2D eigenvalue weighted by Crippen LogP contribution is -2.08. The molecule has 2 atom stereocenters. The minimum Gasteiger partial charge on any atom is -0.379 e. The van der Waals surface area contributed by atoms with Gasteiger partial charge in [-0.2, -0.15) is 0 Å². The van der Waals surface area contributed by atoms with Crippen molar-refractivity contribution >= 4 is 15.5 Å². The van der Waals surface area contributed by atoms with E-state index in [0.29, 0.717) is 4.90 Å². The number of hydrogen-bond donors (Lipinski definition) is 1. The summed E-state index contributed by atoms with van der Waals surface area (Å²) in [5, 5.41) is 3.43. The molecule has 0 fully saturated rings. The van der Waals surface area contributed by atoms with Crippen LogP contribution < -0.4 is 5.32 Å². The van der Waals surface area contributed by atoms with Crippen molar-refractivity contribution in [1.29, 1.82) is 0 Å². The molecule has 124 valence electrons. The minimum absolute atomic E-state index is 0.0427. The molecule has 0 aromatic heterocycles. The zero-order valence-corrected chi connectivity index (χ0v) is 14.7. The molecule has 0 saturated heterocycles. The van der Waals surface area contributed by atoms with Gasteiger partial charge in [0, 0.05) is 25.1 Å². The Bertz CT molecular complexity index is 754. The van der Waals surface area contributed by atoms with Gasteiger partial charge in [-0.05, 0) is 49.2 Å².